The number of guanidine groups is 1. The Labute approximate surface area is 149 Å². The minimum atomic E-state index is 0.461. The Kier molecular flexibility index (Phi) is 5.53. The maximum absolute atomic E-state index is 5.63. The van der Waals surface area contributed by atoms with E-state index in [4.69, 9.17) is 9.41 Å². The van der Waals surface area contributed by atoms with Crippen molar-refractivity contribution in [3.63, 3.8) is 0 Å². The number of rotatable bonds is 4. The van der Waals surface area contributed by atoms with E-state index < -0.39 is 0 Å². The number of aliphatic imine (C=N–C) groups is 1. The maximum Gasteiger partial charge on any atom is 0.216 e. The van der Waals surface area contributed by atoms with Crippen LogP contribution in [0, 0.1) is 13.8 Å². The molecule has 1 aliphatic rings. The normalized spacial score (nSPS) is 15.2. The van der Waals surface area contributed by atoms with Crippen molar-refractivity contribution in [1.29, 1.82) is 0 Å². The largest absolute Gasteiger partial charge is 0.444 e. The molecule has 1 aliphatic heterocycles. The Morgan fingerprint density at radius 2 is 2.08 bits per heavy atom. The first kappa shape index (κ1) is 17.3. The number of nitrogens with one attached hydrogen (secondary N) is 1. The van der Waals surface area contributed by atoms with Gasteiger partial charge < -0.3 is 14.6 Å². The van der Waals surface area contributed by atoms with Crippen LogP contribution in [0.15, 0.2) is 45.8 Å². The van der Waals surface area contributed by atoms with E-state index in [1.54, 1.807) is 0 Å². The average Bonchev–Trinajstić information content (AvgIpc) is 2.97. The van der Waals surface area contributed by atoms with Crippen LogP contribution in [0.4, 0.5) is 0 Å². The number of nitrogens with zero attached hydrogens (tertiary/aromatic N) is 3. The van der Waals surface area contributed by atoms with Gasteiger partial charge in [-0.1, -0.05) is 36.4 Å². The molecule has 0 unspecified atom stereocenters. The van der Waals surface area contributed by atoms with Crippen LogP contribution < -0.4 is 5.32 Å². The van der Waals surface area contributed by atoms with Crippen molar-refractivity contribution in [3.8, 4) is 0 Å². The molecule has 5 nitrogen and oxygen atoms in total. The first-order chi connectivity index (χ1) is 12.2. The van der Waals surface area contributed by atoms with E-state index >= 15 is 0 Å². The molecule has 0 fully saturated rings. The van der Waals surface area contributed by atoms with Crippen LogP contribution in [0.1, 0.15) is 36.3 Å². The second kappa shape index (κ2) is 8.01. The second-order valence-corrected chi connectivity index (χ2v) is 6.21. The Bertz CT molecular complexity index is 742. The SMILES string of the molecule is CCNC(=NCc1nc(C)c(C)o1)N1CC=C(c2ccccc2)CC1. The monoisotopic (exact) mass is 338 g/mol. The smallest absolute Gasteiger partial charge is 0.216 e. The molecule has 1 aromatic heterocycles. The minimum Gasteiger partial charge on any atom is -0.444 e. The quantitative estimate of drug-likeness (QED) is 0.684. The number of hydrogen-bond acceptors (Lipinski definition) is 3. The van der Waals surface area contributed by atoms with E-state index in [1.165, 1.54) is 11.1 Å². The summed E-state index contributed by atoms with van der Waals surface area (Å²) in [6.07, 6.45) is 3.32. The van der Waals surface area contributed by atoms with Crippen LogP contribution >= 0.6 is 0 Å². The van der Waals surface area contributed by atoms with Crippen molar-refractivity contribution in [1.82, 2.24) is 15.2 Å². The summed E-state index contributed by atoms with van der Waals surface area (Å²) < 4.78 is 5.63. The van der Waals surface area contributed by atoms with Crippen molar-refractivity contribution in [2.24, 2.45) is 4.99 Å². The second-order valence-electron chi connectivity index (χ2n) is 6.21. The van der Waals surface area contributed by atoms with Crippen LogP contribution in [0.25, 0.3) is 5.57 Å². The van der Waals surface area contributed by atoms with Crippen molar-refractivity contribution in [2.45, 2.75) is 33.7 Å². The van der Waals surface area contributed by atoms with Gasteiger partial charge in [0.1, 0.15) is 12.3 Å². The van der Waals surface area contributed by atoms with Gasteiger partial charge in [-0.15, -0.1) is 0 Å². The lowest BCUT2D eigenvalue weighted by Crippen LogP contribution is -2.43. The zero-order valence-electron chi connectivity index (χ0n) is 15.2. The van der Waals surface area contributed by atoms with Crippen molar-refractivity contribution < 1.29 is 4.42 Å². The molecule has 1 aromatic carbocycles. The Balaban J connectivity index is 1.69. The zero-order valence-corrected chi connectivity index (χ0v) is 15.2. The van der Waals surface area contributed by atoms with Gasteiger partial charge in [0.15, 0.2) is 5.96 Å². The highest BCUT2D eigenvalue weighted by Crippen LogP contribution is 2.22. The van der Waals surface area contributed by atoms with Crippen LogP contribution in [0.2, 0.25) is 0 Å². The molecule has 25 heavy (non-hydrogen) atoms. The van der Waals surface area contributed by atoms with E-state index in [1.807, 2.05) is 13.8 Å². The fourth-order valence-corrected chi connectivity index (χ4v) is 2.95. The van der Waals surface area contributed by atoms with Gasteiger partial charge in [0.2, 0.25) is 5.89 Å². The number of hydrogen-bond donors (Lipinski definition) is 1. The predicted molar refractivity (Wildman–Crippen MR) is 101 cm³/mol. The summed E-state index contributed by atoms with van der Waals surface area (Å²) in [5, 5.41) is 3.38. The molecule has 0 spiro atoms. The average molecular weight is 338 g/mol. The molecule has 0 saturated heterocycles. The van der Waals surface area contributed by atoms with E-state index in [2.05, 4.69) is 58.5 Å². The molecule has 3 rings (SSSR count). The molecule has 2 aromatic rings. The van der Waals surface area contributed by atoms with Gasteiger partial charge in [0, 0.05) is 19.6 Å². The third-order valence-electron chi connectivity index (χ3n) is 4.43. The lowest BCUT2D eigenvalue weighted by molar-refractivity contribution is 0.434. The van der Waals surface area contributed by atoms with E-state index in [0.29, 0.717) is 12.4 Å². The van der Waals surface area contributed by atoms with E-state index in [-0.39, 0.29) is 0 Å². The molecule has 1 N–H and O–H groups in total. The summed E-state index contributed by atoms with van der Waals surface area (Å²) in [6.45, 7) is 9.09. The number of aromatic nitrogens is 1. The summed E-state index contributed by atoms with van der Waals surface area (Å²) in [5.74, 6) is 2.45. The topological polar surface area (TPSA) is 53.7 Å². The summed E-state index contributed by atoms with van der Waals surface area (Å²) in [6, 6.07) is 10.6. The Morgan fingerprint density at radius 1 is 1.28 bits per heavy atom. The third-order valence-corrected chi connectivity index (χ3v) is 4.43. The van der Waals surface area contributed by atoms with Crippen molar-refractivity contribution >= 4 is 11.5 Å². The maximum atomic E-state index is 5.63. The van der Waals surface area contributed by atoms with Gasteiger partial charge in [0.05, 0.1) is 5.69 Å². The summed E-state index contributed by atoms with van der Waals surface area (Å²) in [4.78, 5) is 11.4. The molecule has 132 valence electrons. The molecule has 5 heteroatoms. The number of oxazole rings is 1. The highest BCUT2D eigenvalue weighted by Gasteiger charge is 2.16. The van der Waals surface area contributed by atoms with Crippen LogP contribution in [0.5, 0.6) is 0 Å². The Hall–Kier alpha value is -2.56. The van der Waals surface area contributed by atoms with Gasteiger partial charge in [-0.05, 0) is 38.3 Å². The first-order valence-electron chi connectivity index (χ1n) is 8.88. The molecule has 0 amide bonds. The van der Waals surface area contributed by atoms with Gasteiger partial charge in [0.25, 0.3) is 0 Å². The standard InChI is InChI=1S/C20H26N4O/c1-4-21-20(22-14-19-23-15(2)16(3)25-19)24-12-10-18(11-13-24)17-8-6-5-7-9-17/h5-10H,4,11-14H2,1-3H3,(H,21,22). The lowest BCUT2D eigenvalue weighted by atomic mass is 10.00. The molecule has 0 saturated carbocycles. The van der Waals surface area contributed by atoms with Crippen LogP contribution in [0.3, 0.4) is 0 Å². The molecule has 2 heterocycles. The van der Waals surface area contributed by atoms with Crippen molar-refractivity contribution in [2.75, 3.05) is 19.6 Å². The summed E-state index contributed by atoms with van der Waals surface area (Å²) in [5.41, 5.74) is 3.66. The fourth-order valence-electron chi connectivity index (χ4n) is 2.95. The van der Waals surface area contributed by atoms with Crippen LogP contribution in [-0.4, -0.2) is 35.5 Å². The highest BCUT2D eigenvalue weighted by atomic mass is 16.4. The molecule has 0 bridgehead atoms. The minimum absolute atomic E-state index is 0.461. The molecular formula is C20H26N4O. The zero-order chi connectivity index (χ0) is 17.6. The van der Waals surface area contributed by atoms with Crippen LogP contribution in [-0.2, 0) is 6.54 Å². The highest BCUT2D eigenvalue weighted by molar-refractivity contribution is 5.81. The molecule has 0 aliphatic carbocycles. The van der Waals surface area contributed by atoms with Gasteiger partial charge in [-0.25, -0.2) is 9.98 Å². The Morgan fingerprint density at radius 3 is 2.68 bits per heavy atom. The molecule has 0 atom stereocenters. The predicted octanol–water partition coefficient (Wildman–Crippen LogP) is 3.55. The first-order valence-corrected chi connectivity index (χ1v) is 8.88. The molecule has 0 radical (unpaired) electrons. The van der Waals surface area contributed by atoms with Gasteiger partial charge >= 0.3 is 0 Å². The van der Waals surface area contributed by atoms with E-state index in [9.17, 15) is 0 Å². The third kappa shape index (κ3) is 4.29. The fraction of sp³-hybridized carbons (Fsp3) is 0.400. The van der Waals surface area contributed by atoms with E-state index in [0.717, 1.165) is 43.5 Å². The lowest BCUT2D eigenvalue weighted by Gasteiger charge is -2.29. The number of aryl methyl sites for hydroxylation is 2. The summed E-state index contributed by atoms with van der Waals surface area (Å²) >= 11 is 0. The summed E-state index contributed by atoms with van der Waals surface area (Å²) in [7, 11) is 0. The van der Waals surface area contributed by atoms with Gasteiger partial charge in [-0.3, -0.25) is 0 Å². The van der Waals surface area contributed by atoms with Gasteiger partial charge in [-0.2, -0.15) is 0 Å². The van der Waals surface area contributed by atoms with Crippen molar-refractivity contribution in [3.05, 3.63) is 59.3 Å². The molecular weight excluding hydrogens is 312 g/mol. The number of benzene rings is 1.